The fraction of sp³-hybridized carbons (Fsp3) is 0.289. The molecule has 5 heteroatoms. The Morgan fingerprint density at radius 2 is 1.54 bits per heavy atom. The van der Waals surface area contributed by atoms with Gasteiger partial charge in [0.2, 0.25) is 0 Å². The second kappa shape index (κ2) is 14.0. The molecule has 0 N–H and O–H groups in total. The standard InChI is InChI=1S/C45H48N4O/c1-8-9-11-14-31(5)35-17-20-42-41(26-35)40-19-18-38(28-43(40)48(42)44-23-30(4)21-22-46-44)50-39-25-36(29(2)3)24-37(27-39)49-33(7)45(32(6)47-49)34-15-12-10-13-16-34/h10,12-13,15-29,31H,8-9,11,14H2,1-7H3. The molecule has 0 aliphatic rings. The van der Waals surface area contributed by atoms with Crippen molar-refractivity contribution in [3.05, 3.63) is 131 Å². The van der Waals surface area contributed by atoms with Crippen molar-refractivity contribution in [2.45, 2.75) is 86.0 Å². The summed E-state index contributed by atoms with van der Waals surface area (Å²) in [5, 5.41) is 7.46. The van der Waals surface area contributed by atoms with E-state index in [1.807, 2.05) is 12.3 Å². The van der Waals surface area contributed by atoms with E-state index >= 15 is 0 Å². The first kappa shape index (κ1) is 33.3. The molecule has 3 aromatic heterocycles. The van der Waals surface area contributed by atoms with Crippen LogP contribution in [0.2, 0.25) is 0 Å². The maximum atomic E-state index is 6.75. The Labute approximate surface area is 296 Å². The lowest BCUT2D eigenvalue weighted by atomic mass is 9.94. The van der Waals surface area contributed by atoms with Crippen LogP contribution in [0.25, 0.3) is 44.4 Å². The number of hydrogen-bond donors (Lipinski definition) is 0. The van der Waals surface area contributed by atoms with Gasteiger partial charge >= 0.3 is 0 Å². The van der Waals surface area contributed by atoms with Gasteiger partial charge in [-0.15, -0.1) is 0 Å². The molecule has 4 aromatic carbocycles. The fourth-order valence-corrected chi connectivity index (χ4v) is 7.32. The van der Waals surface area contributed by atoms with E-state index in [2.05, 4.69) is 149 Å². The summed E-state index contributed by atoms with van der Waals surface area (Å²) >= 11 is 0. The molecule has 7 aromatic rings. The summed E-state index contributed by atoms with van der Waals surface area (Å²) in [4.78, 5) is 4.83. The fourth-order valence-electron chi connectivity index (χ4n) is 7.32. The van der Waals surface area contributed by atoms with E-state index in [1.54, 1.807) is 0 Å². The summed E-state index contributed by atoms with van der Waals surface area (Å²) in [6.45, 7) is 15.4. The summed E-state index contributed by atoms with van der Waals surface area (Å²) in [6.07, 6.45) is 6.89. The zero-order valence-electron chi connectivity index (χ0n) is 30.5. The van der Waals surface area contributed by atoms with Crippen molar-refractivity contribution in [2.75, 3.05) is 0 Å². The molecule has 254 valence electrons. The largest absolute Gasteiger partial charge is 0.457 e. The van der Waals surface area contributed by atoms with Crippen molar-refractivity contribution in [1.29, 1.82) is 0 Å². The van der Waals surface area contributed by atoms with Crippen molar-refractivity contribution >= 4 is 21.8 Å². The van der Waals surface area contributed by atoms with Crippen LogP contribution in [0.4, 0.5) is 0 Å². The van der Waals surface area contributed by atoms with Crippen LogP contribution in [0, 0.1) is 20.8 Å². The summed E-state index contributed by atoms with van der Waals surface area (Å²) in [5.74, 6) is 3.32. The average Bonchev–Trinajstić information content (AvgIpc) is 3.60. The molecule has 7 rings (SSSR count). The maximum Gasteiger partial charge on any atom is 0.137 e. The van der Waals surface area contributed by atoms with Gasteiger partial charge in [0.15, 0.2) is 0 Å². The Hall–Kier alpha value is -5.16. The lowest BCUT2D eigenvalue weighted by Gasteiger charge is -2.15. The molecule has 0 radical (unpaired) electrons. The van der Waals surface area contributed by atoms with Gasteiger partial charge in [0, 0.05) is 40.4 Å². The second-order valence-electron chi connectivity index (χ2n) is 14.2. The molecule has 5 nitrogen and oxygen atoms in total. The quantitative estimate of drug-likeness (QED) is 0.130. The molecule has 0 saturated heterocycles. The first-order chi connectivity index (χ1) is 24.2. The second-order valence-corrected chi connectivity index (χ2v) is 14.2. The predicted octanol–water partition coefficient (Wildman–Crippen LogP) is 12.6. The highest BCUT2D eigenvalue weighted by Crippen LogP contribution is 2.38. The van der Waals surface area contributed by atoms with Gasteiger partial charge < -0.3 is 4.74 Å². The summed E-state index contributed by atoms with van der Waals surface area (Å²) in [5.41, 5.74) is 11.5. The maximum absolute atomic E-state index is 6.75. The van der Waals surface area contributed by atoms with Gasteiger partial charge in [0.05, 0.1) is 22.4 Å². The summed E-state index contributed by atoms with van der Waals surface area (Å²) in [7, 11) is 0. The zero-order valence-corrected chi connectivity index (χ0v) is 30.5. The molecular weight excluding hydrogens is 613 g/mol. The number of nitrogens with zero attached hydrogens (tertiary/aromatic N) is 4. The van der Waals surface area contributed by atoms with Gasteiger partial charge in [-0.05, 0) is 110 Å². The first-order valence-electron chi connectivity index (χ1n) is 18.2. The highest BCUT2D eigenvalue weighted by atomic mass is 16.5. The topological polar surface area (TPSA) is 44.9 Å². The molecule has 0 spiro atoms. The number of hydrogen-bond acceptors (Lipinski definition) is 3. The zero-order chi connectivity index (χ0) is 34.9. The number of unbranched alkanes of at least 4 members (excludes halogenated alkanes) is 2. The number of rotatable bonds is 11. The van der Waals surface area contributed by atoms with Crippen LogP contribution < -0.4 is 4.74 Å². The number of benzene rings is 4. The highest BCUT2D eigenvalue weighted by molar-refractivity contribution is 6.09. The minimum absolute atomic E-state index is 0.318. The smallest absolute Gasteiger partial charge is 0.137 e. The van der Waals surface area contributed by atoms with Crippen LogP contribution in [-0.4, -0.2) is 19.3 Å². The number of pyridine rings is 1. The van der Waals surface area contributed by atoms with E-state index in [9.17, 15) is 0 Å². The number of aromatic nitrogens is 4. The Balaban J connectivity index is 1.32. The van der Waals surface area contributed by atoms with Gasteiger partial charge in [-0.25, -0.2) is 9.67 Å². The van der Waals surface area contributed by atoms with Crippen molar-refractivity contribution in [3.63, 3.8) is 0 Å². The summed E-state index contributed by atoms with van der Waals surface area (Å²) < 4.78 is 11.1. The Morgan fingerprint density at radius 3 is 2.30 bits per heavy atom. The molecule has 3 heterocycles. The van der Waals surface area contributed by atoms with Crippen LogP contribution in [0.1, 0.15) is 93.3 Å². The molecule has 50 heavy (non-hydrogen) atoms. The van der Waals surface area contributed by atoms with Gasteiger partial charge in [-0.3, -0.25) is 4.57 Å². The van der Waals surface area contributed by atoms with Crippen LogP contribution in [-0.2, 0) is 0 Å². The van der Waals surface area contributed by atoms with Crippen LogP contribution in [0.3, 0.4) is 0 Å². The average molecular weight is 661 g/mol. The van der Waals surface area contributed by atoms with Gasteiger partial charge in [0.1, 0.15) is 17.3 Å². The van der Waals surface area contributed by atoms with Gasteiger partial charge in [-0.2, -0.15) is 5.10 Å². The normalized spacial score (nSPS) is 12.3. The molecule has 0 aliphatic carbocycles. The van der Waals surface area contributed by atoms with Crippen molar-refractivity contribution in [1.82, 2.24) is 19.3 Å². The molecule has 0 amide bonds. The van der Waals surface area contributed by atoms with E-state index < -0.39 is 0 Å². The Morgan fingerprint density at radius 1 is 0.720 bits per heavy atom. The van der Waals surface area contributed by atoms with Gasteiger partial charge in [-0.1, -0.05) is 83.4 Å². The number of fused-ring (bicyclic) bond motifs is 3. The molecule has 0 fully saturated rings. The Bertz CT molecular complexity index is 2290. The van der Waals surface area contributed by atoms with E-state index in [0.717, 1.165) is 45.4 Å². The van der Waals surface area contributed by atoms with Crippen molar-refractivity contribution in [2.24, 2.45) is 0 Å². The Kier molecular flexibility index (Phi) is 9.33. The van der Waals surface area contributed by atoms with E-state index in [-0.39, 0.29) is 0 Å². The third-order valence-electron chi connectivity index (χ3n) is 10.1. The SMILES string of the molecule is CCCCCC(C)c1ccc2c(c1)c1ccc(Oc3cc(C(C)C)cc(-n4nc(C)c(-c5ccccc5)c4C)c3)cc1n2-c1cc(C)ccn1. The highest BCUT2D eigenvalue weighted by Gasteiger charge is 2.19. The third-order valence-corrected chi connectivity index (χ3v) is 10.1. The van der Waals surface area contributed by atoms with E-state index in [4.69, 9.17) is 14.8 Å². The van der Waals surface area contributed by atoms with Crippen molar-refractivity contribution in [3.8, 4) is 34.1 Å². The molecule has 0 saturated carbocycles. The predicted molar refractivity (Wildman–Crippen MR) is 209 cm³/mol. The number of ether oxygens (including phenoxy) is 1. The van der Waals surface area contributed by atoms with Gasteiger partial charge in [0.25, 0.3) is 0 Å². The molecule has 1 unspecified atom stereocenters. The van der Waals surface area contributed by atoms with Crippen molar-refractivity contribution < 1.29 is 4.74 Å². The number of aryl methyl sites for hydroxylation is 2. The minimum Gasteiger partial charge on any atom is -0.457 e. The van der Waals surface area contributed by atoms with Crippen LogP contribution in [0.5, 0.6) is 11.5 Å². The first-order valence-corrected chi connectivity index (χ1v) is 18.2. The lowest BCUT2D eigenvalue weighted by Crippen LogP contribution is -2.02. The van der Waals surface area contributed by atoms with E-state index in [1.165, 1.54) is 64.3 Å². The lowest BCUT2D eigenvalue weighted by molar-refractivity contribution is 0.481. The third kappa shape index (κ3) is 6.45. The monoisotopic (exact) mass is 660 g/mol. The summed E-state index contributed by atoms with van der Waals surface area (Å²) in [6, 6.07) is 34.7. The van der Waals surface area contributed by atoms with E-state index in [0.29, 0.717) is 11.8 Å². The van der Waals surface area contributed by atoms with Crippen LogP contribution >= 0.6 is 0 Å². The minimum atomic E-state index is 0.318. The molecule has 0 bridgehead atoms. The molecule has 1 atom stereocenters. The van der Waals surface area contributed by atoms with Crippen LogP contribution in [0.15, 0.2) is 103 Å². The molecule has 0 aliphatic heterocycles. The molecular formula is C45H48N4O.